The van der Waals surface area contributed by atoms with E-state index in [0.717, 1.165) is 25.1 Å². The van der Waals surface area contributed by atoms with Crippen molar-refractivity contribution in [2.45, 2.75) is 38.6 Å². The first-order chi connectivity index (χ1) is 8.16. The molecule has 0 bridgehead atoms. The third kappa shape index (κ3) is 3.19. The Hall–Kier alpha value is -1.09. The van der Waals surface area contributed by atoms with E-state index in [4.69, 9.17) is 5.73 Å². The predicted molar refractivity (Wildman–Crippen MR) is 69.8 cm³/mol. The van der Waals surface area contributed by atoms with Gasteiger partial charge in [0.25, 0.3) is 0 Å². The molecule has 1 aromatic rings. The number of benzene rings is 1. The molecule has 2 N–H and O–H groups in total. The Kier molecular flexibility index (Phi) is 4.00. The summed E-state index contributed by atoms with van der Waals surface area (Å²) in [6.07, 6.45) is 4.51. The average Bonchev–Trinajstić information content (AvgIpc) is 2.29. The molecule has 0 saturated carbocycles. The highest BCUT2D eigenvalue weighted by Crippen LogP contribution is 2.25. The standard InChI is InChI=1S/C14H21FN2/c1-11(16)9-12-10-13(15)5-6-14(12)17-7-3-2-4-8-17/h5-6,10-11H,2-4,7-9,16H2,1H3. The summed E-state index contributed by atoms with van der Waals surface area (Å²) in [5.74, 6) is -0.165. The Morgan fingerprint density at radius 2 is 2.00 bits per heavy atom. The van der Waals surface area contributed by atoms with Crippen LogP contribution in [0.1, 0.15) is 31.7 Å². The van der Waals surface area contributed by atoms with Gasteiger partial charge in [0, 0.05) is 24.8 Å². The van der Waals surface area contributed by atoms with Crippen molar-refractivity contribution in [3.8, 4) is 0 Å². The lowest BCUT2D eigenvalue weighted by atomic mass is 10.0. The van der Waals surface area contributed by atoms with E-state index >= 15 is 0 Å². The van der Waals surface area contributed by atoms with Crippen LogP contribution >= 0.6 is 0 Å². The number of hydrogen-bond acceptors (Lipinski definition) is 2. The summed E-state index contributed by atoms with van der Waals surface area (Å²) in [4.78, 5) is 2.36. The molecule has 1 heterocycles. The number of anilines is 1. The Morgan fingerprint density at radius 1 is 1.29 bits per heavy atom. The van der Waals surface area contributed by atoms with E-state index in [0.29, 0.717) is 0 Å². The Morgan fingerprint density at radius 3 is 2.65 bits per heavy atom. The van der Waals surface area contributed by atoms with Crippen molar-refractivity contribution in [3.63, 3.8) is 0 Å². The number of piperidine rings is 1. The van der Waals surface area contributed by atoms with Crippen LogP contribution in [0.25, 0.3) is 0 Å². The highest BCUT2D eigenvalue weighted by molar-refractivity contribution is 5.54. The van der Waals surface area contributed by atoms with E-state index in [1.165, 1.54) is 24.9 Å². The molecule has 1 aliphatic heterocycles. The first-order valence-electron chi connectivity index (χ1n) is 6.46. The van der Waals surface area contributed by atoms with Gasteiger partial charge in [-0.25, -0.2) is 4.39 Å². The van der Waals surface area contributed by atoms with Gasteiger partial charge in [0.15, 0.2) is 0 Å². The summed E-state index contributed by atoms with van der Waals surface area (Å²) >= 11 is 0. The van der Waals surface area contributed by atoms with E-state index in [2.05, 4.69) is 4.90 Å². The molecule has 1 fully saturated rings. The molecule has 0 amide bonds. The van der Waals surface area contributed by atoms with Crippen LogP contribution in [0.3, 0.4) is 0 Å². The summed E-state index contributed by atoms with van der Waals surface area (Å²) in [5, 5.41) is 0. The summed E-state index contributed by atoms with van der Waals surface area (Å²) in [5.41, 5.74) is 8.05. The van der Waals surface area contributed by atoms with Gasteiger partial charge in [0.1, 0.15) is 5.82 Å². The highest BCUT2D eigenvalue weighted by atomic mass is 19.1. The second-order valence-electron chi connectivity index (χ2n) is 5.00. The van der Waals surface area contributed by atoms with Crippen LogP contribution in [0.5, 0.6) is 0 Å². The second kappa shape index (κ2) is 5.50. The third-order valence-electron chi connectivity index (χ3n) is 3.28. The molecule has 94 valence electrons. The summed E-state index contributed by atoms with van der Waals surface area (Å²) < 4.78 is 13.3. The van der Waals surface area contributed by atoms with E-state index in [-0.39, 0.29) is 11.9 Å². The lowest BCUT2D eigenvalue weighted by molar-refractivity contribution is 0.573. The van der Waals surface area contributed by atoms with Crippen LogP contribution < -0.4 is 10.6 Å². The van der Waals surface area contributed by atoms with Crippen LogP contribution in [-0.2, 0) is 6.42 Å². The quantitative estimate of drug-likeness (QED) is 0.874. The van der Waals surface area contributed by atoms with Crippen molar-refractivity contribution in [2.24, 2.45) is 5.73 Å². The molecule has 1 unspecified atom stereocenters. The maximum atomic E-state index is 13.3. The number of nitrogens with two attached hydrogens (primary N) is 1. The van der Waals surface area contributed by atoms with E-state index in [9.17, 15) is 4.39 Å². The van der Waals surface area contributed by atoms with Gasteiger partial charge in [-0.05, 0) is 56.4 Å². The molecule has 0 aliphatic carbocycles. The number of nitrogens with zero attached hydrogens (tertiary/aromatic N) is 1. The van der Waals surface area contributed by atoms with Gasteiger partial charge in [-0.3, -0.25) is 0 Å². The normalized spacial score (nSPS) is 18.2. The molecule has 0 radical (unpaired) electrons. The monoisotopic (exact) mass is 236 g/mol. The van der Waals surface area contributed by atoms with Crippen molar-refractivity contribution >= 4 is 5.69 Å². The highest BCUT2D eigenvalue weighted by Gasteiger charge is 2.15. The van der Waals surface area contributed by atoms with Crippen LogP contribution in [0.2, 0.25) is 0 Å². The van der Waals surface area contributed by atoms with Crippen LogP contribution in [0.4, 0.5) is 10.1 Å². The topological polar surface area (TPSA) is 29.3 Å². The Labute approximate surface area is 103 Å². The van der Waals surface area contributed by atoms with Crippen molar-refractivity contribution in [3.05, 3.63) is 29.6 Å². The molecule has 3 heteroatoms. The first kappa shape index (κ1) is 12.4. The average molecular weight is 236 g/mol. The molecular formula is C14H21FN2. The smallest absolute Gasteiger partial charge is 0.123 e. The largest absolute Gasteiger partial charge is 0.371 e. The molecule has 17 heavy (non-hydrogen) atoms. The fourth-order valence-electron chi connectivity index (χ4n) is 2.51. The summed E-state index contributed by atoms with van der Waals surface area (Å²) in [6.45, 7) is 4.13. The van der Waals surface area contributed by atoms with Crippen molar-refractivity contribution in [1.82, 2.24) is 0 Å². The molecule has 0 spiro atoms. The van der Waals surface area contributed by atoms with Gasteiger partial charge in [-0.15, -0.1) is 0 Å². The zero-order valence-corrected chi connectivity index (χ0v) is 10.5. The molecule has 1 saturated heterocycles. The van der Waals surface area contributed by atoms with Crippen LogP contribution in [0.15, 0.2) is 18.2 Å². The predicted octanol–water partition coefficient (Wildman–Crippen LogP) is 2.71. The minimum Gasteiger partial charge on any atom is -0.371 e. The lowest BCUT2D eigenvalue weighted by Gasteiger charge is -2.31. The van der Waals surface area contributed by atoms with Gasteiger partial charge < -0.3 is 10.6 Å². The number of rotatable bonds is 3. The van der Waals surface area contributed by atoms with Gasteiger partial charge in [0.05, 0.1) is 0 Å². The van der Waals surface area contributed by atoms with Gasteiger partial charge in [-0.1, -0.05) is 0 Å². The minimum absolute atomic E-state index is 0.0698. The fraction of sp³-hybridized carbons (Fsp3) is 0.571. The maximum absolute atomic E-state index is 13.3. The minimum atomic E-state index is -0.165. The van der Waals surface area contributed by atoms with Crippen LogP contribution in [-0.4, -0.2) is 19.1 Å². The second-order valence-corrected chi connectivity index (χ2v) is 5.00. The Balaban J connectivity index is 2.24. The van der Waals surface area contributed by atoms with Crippen LogP contribution in [0, 0.1) is 5.82 Å². The Bertz CT molecular complexity index is 370. The molecule has 1 atom stereocenters. The van der Waals surface area contributed by atoms with E-state index in [1.807, 2.05) is 13.0 Å². The zero-order chi connectivity index (χ0) is 12.3. The maximum Gasteiger partial charge on any atom is 0.123 e. The molecule has 1 aliphatic rings. The summed E-state index contributed by atoms with van der Waals surface area (Å²) in [7, 11) is 0. The van der Waals surface area contributed by atoms with Gasteiger partial charge in [-0.2, -0.15) is 0 Å². The van der Waals surface area contributed by atoms with Gasteiger partial charge in [0.2, 0.25) is 0 Å². The number of halogens is 1. The molecular weight excluding hydrogens is 215 g/mol. The molecule has 1 aromatic carbocycles. The van der Waals surface area contributed by atoms with Crippen molar-refractivity contribution in [2.75, 3.05) is 18.0 Å². The summed E-state index contributed by atoms with van der Waals surface area (Å²) in [6, 6.07) is 5.15. The van der Waals surface area contributed by atoms with Crippen molar-refractivity contribution in [1.29, 1.82) is 0 Å². The third-order valence-corrected chi connectivity index (χ3v) is 3.28. The molecule has 2 nitrogen and oxygen atoms in total. The SMILES string of the molecule is CC(N)Cc1cc(F)ccc1N1CCCCC1. The number of hydrogen-bond donors (Lipinski definition) is 1. The first-order valence-corrected chi connectivity index (χ1v) is 6.46. The molecule has 2 rings (SSSR count). The van der Waals surface area contributed by atoms with Gasteiger partial charge >= 0.3 is 0 Å². The van der Waals surface area contributed by atoms with E-state index < -0.39 is 0 Å². The van der Waals surface area contributed by atoms with Crippen molar-refractivity contribution < 1.29 is 4.39 Å². The lowest BCUT2D eigenvalue weighted by Crippen LogP contribution is -2.31. The molecule has 0 aromatic heterocycles. The van der Waals surface area contributed by atoms with E-state index in [1.54, 1.807) is 12.1 Å². The fourth-order valence-corrected chi connectivity index (χ4v) is 2.51. The zero-order valence-electron chi connectivity index (χ0n) is 10.5.